The lowest BCUT2D eigenvalue weighted by atomic mass is 9.70. The number of alkyl halides is 3. The maximum atomic E-state index is 14.8. The van der Waals surface area contributed by atoms with Crippen LogP contribution in [-0.2, 0) is 4.79 Å². The van der Waals surface area contributed by atoms with Crippen LogP contribution in [0.15, 0.2) is 36.4 Å². The number of imidazole rings is 1. The van der Waals surface area contributed by atoms with Crippen LogP contribution >= 0.6 is 0 Å². The Morgan fingerprint density at radius 1 is 1.17 bits per heavy atom. The maximum Gasteiger partial charge on any atom is 0.573 e. The molecule has 0 unspecified atom stereocenters. The molecule has 1 heterocycles. The summed E-state index contributed by atoms with van der Waals surface area (Å²) in [6.45, 7) is 7.76. The van der Waals surface area contributed by atoms with Crippen LogP contribution in [0.1, 0.15) is 53.0 Å². The summed E-state index contributed by atoms with van der Waals surface area (Å²) in [5.74, 6) is -1.04. The number of carbonyl (C=O) groups excluding carboxylic acids is 1. The zero-order valence-electron chi connectivity index (χ0n) is 19.9. The minimum Gasteiger partial charge on any atom is -0.423 e. The first-order valence-electron chi connectivity index (χ1n) is 11.3. The van der Waals surface area contributed by atoms with Gasteiger partial charge in [-0.05, 0) is 54.9 Å². The van der Waals surface area contributed by atoms with E-state index in [4.69, 9.17) is 4.74 Å². The molecule has 188 valence electrons. The fourth-order valence-corrected chi connectivity index (χ4v) is 5.15. The zero-order chi connectivity index (χ0) is 25.5. The fraction of sp³-hybridized carbons (Fsp3) is 0.440. The number of hydrogen-bond donors (Lipinski definition) is 1. The van der Waals surface area contributed by atoms with Gasteiger partial charge >= 0.3 is 12.3 Å². The largest absolute Gasteiger partial charge is 0.573 e. The van der Waals surface area contributed by atoms with Crippen molar-refractivity contribution in [3.8, 4) is 11.5 Å². The van der Waals surface area contributed by atoms with E-state index >= 15 is 0 Å². The Hall–Kier alpha value is -3.30. The topological polar surface area (TPSA) is 65.4 Å². The Bertz CT molecular complexity index is 1240. The van der Waals surface area contributed by atoms with Gasteiger partial charge in [0.15, 0.2) is 11.6 Å². The smallest absolute Gasteiger partial charge is 0.423 e. The third kappa shape index (κ3) is 5.86. The Morgan fingerprint density at radius 2 is 1.86 bits per heavy atom. The number of halogens is 4. The zero-order valence-corrected chi connectivity index (χ0v) is 19.9. The van der Waals surface area contributed by atoms with E-state index in [9.17, 15) is 22.4 Å². The van der Waals surface area contributed by atoms with Gasteiger partial charge in [-0.15, -0.1) is 13.2 Å². The number of aromatic nitrogens is 2. The van der Waals surface area contributed by atoms with Gasteiger partial charge in [0.25, 0.3) is 0 Å². The number of benzene rings is 2. The number of esters is 1. The third-order valence-electron chi connectivity index (χ3n) is 6.07. The molecule has 6 nitrogen and oxygen atoms in total. The average molecular weight is 494 g/mol. The average Bonchev–Trinajstić information content (AvgIpc) is 3.03. The van der Waals surface area contributed by atoms with E-state index in [1.807, 2.05) is 4.57 Å². The molecule has 0 bridgehead atoms. The normalized spacial score (nSPS) is 20.0. The molecule has 1 N–H and O–H groups in total. The van der Waals surface area contributed by atoms with Gasteiger partial charge in [0.1, 0.15) is 5.75 Å². The predicted molar refractivity (Wildman–Crippen MR) is 123 cm³/mol. The Kier molecular flexibility index (Phi) is 6.42. The molecule has 0 amide bonds. The summed E-state index contributed by atoms with van der Waals surface area (Å²) < 4.78 is 63.2. The van der Waals surface area contributed by atoms with Crippen LogP contribution in [0.2, 0.25) is 0 Å². The molecule has 2 aromatic carbocycles. The number of fused-ring (bicyclic) bond motifs is 1. The molecule has 3 aromatic rings. The number of ether oxygens (including phenoxy) is 2. The number of rotatable bonds is 5. The van der Waals surface area contributed by atoms with E-state index in [-0.39, 0.29) is 23.0 Å². The molecular formula is C25H27F4N3O3. The van der Waals surface area contributed by atoms with Gasteiger partial charge in [-0.2, -0.15) is 0 Å². The second-order valence-electron chi connectivity index (χ2n) is 9.93. The molecule has 0 radical (unpaired) electrons. The Balaban J connectivity index is 1.76. The molecule has 4 rings (SSSR count). The standard InChI is InChI=1S/C25H27F4N3O3/c1-14-9-17(13-24(3,4)12-14)32-21-10-19(26)22(34-15(2)33)11-20(21)31-23(32)30-16-5-7-18(8-6-16)35-25(27,28)29/h5-8,10-11,14,17H,9,12-13H2,1-4H3,(H,30,31)/t14-,17+/m1/s1. The predicted octanol–water partition coefficient (Wildman–Crippen LogP) is 7.13. The monoisotopic (exact) mass is 493 g/mol. The lowest BCUT2D eigenvalue weighted by Crippen LogP contribution is -2.29. The van der Waals surface area contributed by atoms with Gasteiger partial charge in [0.2, 0.25) is 5.95 Å². The van der Waals surface area contributed by atoms with Gasteiger partial charge in [-0.1, -0.05) is 20.8 Å². The number of carbonyl (C=O) groups is 1. The van der Waals surface area contributed by atoms with Crippen molar-refractivity contribution in [1.82, 2.24) is 9.55 Å². The maximum absolute atomic E-state index is 14.8. The molecule has 1 saturated carbocycles. The van der Waals surface area contributed by atoms with Crippen LogP contribution in [0.5, 0.6) is 11.5 Å². The second-order valence-corrected chi connectivity index (χ2v) is 9.93. The minimum atomic E-state index is -4.78. The van der Waals surface area contributed by atoms with Gasteiger partial charge in [-0.3, -0.25) is 4.79 Å². The van der Waals surface area contributed by atoms with Crippen LogP contribution in [0.4, 0.5) is 29.2 Å². The molecule has 2 atom stereocenters. The van der Waals surface area contributed by atoms with E-state index in [0.29, 0.717) is 28.6 Å². The Morgan fingerprint density at radius 3 is 2.46 bits per heavy atom. The van der Waals surface area contributed by atoms with Gasteiger partial charge in [0, 0.05) is 30.8 Å². The Labute approximate surface area is 200 Å². The molecule has 1 aliphatic rings. The first-order valence-corrected chi connectivity index (χ1v) is 11.3. The van der Waals surface area contributed by atoms with Crippen molar-refractivity contribution in [2.45, 2.75) is 59.4 Å². The number of nitrogens with zero attached hydrogens (tertiary/aromatic N) is 2. The first-order chi connectivity index (χ1) is 16.3. The summed E-state index contributed by atoms with van der Waals surface area (Å²) in [6, 6.07) is 7.99. The summed E-state index contributed by atoms with van der Waals surface area (Å²) in [6.07, 6.45) is -2.03. The molecule has 0 aliphatic heterocycles. The van der Waals surface area contributed by atoms with Crippen LogP contribution < -0.4 is 14.8 Å². The highest BCUT2D eigenvalue weighted by atomic mass is 19.4. The van der Waals surface area contributed by atoms with E-state index < -0.39 is 18.1 Å². The van der Waals surface area contributed by atoms with Crippen molar-refractivity contribution in [3.63, 3.8) is 0 Å². The van der Waals surface area contributed by atoms with Crippen LogP contribution in [0.3, 0.4) is 0 Å². The van der Waals surface area contributed by atoms with Gasteiger partial charge in [0.05, 0.1) is 11.0 Å². The van der Waals surface area contributed by atoms with Crippen molar-refractivity contribution in [3.05, 3.63) is 42.2 Å². The van der Waals surface area contributed by atoms with Crippen molar-refractivity contribution in [1.29, 1.82) is 0 Å². The highest BCUT2D eigenvalue weighted by Crippen LogP contribution is 2.46. The minimum absolute atomic E-state index is 0.00746. The molecule has 35 heavy (non-hydrogen) atoms. The van der Waals surface area contributed by atoms with Crippen molar-refractivity contribution < 1.29 is 31.8 Å². The molecule has 10 heteroatoms. The number of nitrogens with one attached hydrogen (secondary N) is 1. The van der Waals surface area contributed by atoms with Crippen LogP contribution in [0, 0.1) is 17.2 Å². The number of hydrogen-bond acceptors (Lipinski definition) is 5. The SMILES string of the molecule is CC(=O)Oc1cc2nc(Nc3ccc(OC(F)(F)F)cc3)n([C@H]3C[C@@H](C)CC(C)(C)C3)c2cc1F. The second kappa shape index (κ2) is 9.05. The van der Waals surface area contributed by atoms with Crippen LogP contribution in [-0.4, -0.2) is 21.9 Å². The van der Waals surface area contributed by atoms with E-state index in [2.05, 4.69) is 35.8 Å². The van der Waals surface area contributed by atoms with Crippen molar-refractivity contribution in [2.75, 3.05) is 5.32 Å². The first kappa shape index (κ1) is 24.8. The molecule has 1 aromatic heterocycles. The van der Waals surface area contributed by atoms with Gasteiger partial charge < -0.3 is 19.4 Å². The lowest BCUT2D eigenvalue weighted by molar-refractivity contribution is -0.274. The summed E-state index contributed by atoms with van der Waals surface area (Å²) in [4.78, 5) is 16.0. The number of anilines is 2. The van der Waals surface area contributed by atoms with Crippen molar-refractivity contribution in [2.24, 2.45) is 11.3 Å². The molecule has 1 aliphatic carbocycles. The molecule has 1 fully saturated rings. The molecule has 0 saturated heterocycles. The van der Waals surface area contributed by atoms with E-state index in [0.717, 1.165) is 19.3 Å². The highest BCUT2D eigenvalue weighted by Gasteiger charge is 2.35. The lowest BCUT2D eigenvalue weighted by Gasteiger charge is -2.40. The highest BCUT2D eigenvalue weighted by molar-refractivity contribution is 5.83. The quantitative estimate of drug-likeness (QED) is 0.233. The van der Waals surface area contributed by atoms with E-state index in [1.165, 1.54) is 43.3 Å². The van der Waals surface area contributed by atoms with E-state index in [1.54, 1.807) is 0 Å². The summed E-state index contributed by atoms with van der Waals surface area (Å²) >= 11 is 0. The summed E-state index contributed by atoms with van der Waals surface area (Å²) in [5.41, 5.74) is 1.51. The summed E-state index contributed by atoms with van der Waals surface area (Å²) in [7, 11) is 0. The van der Waals surface area contributed by atoms with Crippen LogP contribution in [0.25, 0.3) is 11.0 Å². The third-order valence-corrected chi connectivity index (χ3v) is 6.07. The molecular weight excluding hydrogens is 466 g/mol. The fourth-order valence-electron chi connectivity index (χ4n) is 5.15. The molecule has 0 spiro atoms. The van der Waals surface area contributed by atoms with Gasteiger partial charge in [-0.25, -0.2) is 9.37 Å². The van der Waals surface area contributed by atoms with Crippen molar-refractivity contribution >= 4 is 28.6 Å². The summed E-state index contributed by atoms with van der Waals surface area (Å²) in [5, 5.41) is 3.16.